The predicted octanol–water partition coefficient (Wildman–Crippen LogP) is 3.00. The Bertz CT molecular complexity index is 541. The molecule has 2 heterocycles. The van der Waals surface area contributed by atoms with E-state index in [4.69, 9.17) is 16.3 Å². The molecule has 1 fully saturated rings. The molecule has 0 bridgehead atoms. The SMILES string of the molecule is Clc1ccc([C@H]2CN(CCCn3ccnc3)CCO2)cc1. The Labute approximate surface area is 130 Å². The van der Waals surface area contributed by atoms with Crippen molar-refractivity contribution in [1.82, 2.24) is 14.5 Å². The topological polar surface area (TPSA) is 30.3 Å². The fourth-order valence-electron chi connectivity index (χ4n) is 2.68. The highest BCUT2D eigenvalue weighted by Crippen LogP contribution is 2.23. The van der Waals surface area contributed by atoms with Crippen LogP contribution in [0.1, 0.15) is 18.1 Å². The van der Waals surface area contributed by atoms with E-state index in [-0.39, 0.29) is 6.10 Å². The zero-order chi connectivity index (χ0) is 14.5. The van der Waals surface area contributed by atoms with Crippen molar-refractivity contribution in [2.75, 3.05) is 26.2 Å². The molecule has 0 amide bonds. The molecule has 112 valence electrons. The lowest BCUT2D eigenvalue weighted by atomic mass is 10.1. The number of hydrogen-bond acceptors (Lipinski definition) is 3. The minimum Gasteiger partial charge on any atom is -0.371 e. The molecule has 1 aliphatic rings. The molecule has 1 aromatic heterocycles. The van der Waals surface area contributed by atoms with Gasteiger partial charge < -0.3 is 9.30 Å². The van der Waals surface area contributed by atoms with E-state index in [1.54, 1.807) is 0 Å². The van der Waals surface area contributed by atoms with Crippen molar-refractivity contribution < 1.29 is 4.74 Å². The van der Waals surface area contributed by atoms with Gasteiger partial charge in [-0.25, -0.2) is 4.98 Å². The number of rotatable bonds is 5. The summed E-state index contributed by atoms with van der Waals surface area (Å²) in [5, 5.41) is 0.770. The quantitative estimate of drug-likeness (QED) is 0.850. The second-order valence-corrected chi connectivity index (χ2v) is 5.80. The monoisotopic (exact) mass is 305 g/mol. The minimum absolute atomic E-state index is 0.157. The fraction of sp³-hybridized carbons (Fsp3) is 0.438. The average molecular weight is 306 g/mol. The molecule has 4 nitrogen and oxygen atoms in total. The molecule has 1 aromatic carbocycles. The minimum atomic E-state index is 0.157. The zero-order valence-electron chi connectivity index (χ0n) is 12.0. The van der Waals surface area contributed by atoms with Crippen LogP contribution < -0.4 is 0 Å². The molecular formula is C16H20ClN3O. The van der Waals surface area contributed by atoms with Crippen molar-refractivity contribution in [2.24, 2.45) is 0 Å². The van der Waals surface area contributed by atoms with E-state index in [1.165, 1.54) is 5.56 Å². The molecule has 2 aromatic rings. The van der Waals surface area contributed by atoms with Crippen LogP contribution in [0.4, 0.5) is 0 Å². The summed E-state index contributed by atoms with van der Waals surface area (Å²) in [5.41, 5.74) is 1.21. The second-order valence-electron chi connectivity index (χ2n) is 5.37. The third-order valence-corrected chi connectivity index (χ3v) is 4.09. The number of aryl methyl sites for hydroxylation is 1. The van der Waals surface area contributed by atoms with Gasteiger partial charge in [-0.3, -0.25) is 4.90 Å². The highest BCUT2D eigenvalue weighted by atomic mass is 35.5. The predicted molar refractivity (Wildman–Crippen MR) is 83.4 cm³/mol. The van der Waals surface area contributed by atoms with Crippen LogP contribution in [0.15, 0.2) is 43.0 Å². The summed E-state index contributed by atoms with van der Waals surface area (Å²) in [6.07, 6.45) is 6.99. The van der Waals surface area contributed by atoms with Crippen LogP contribution >= 0.6 is 11.6 Å². The highest BCUT2D eigenvalue weighted by molar-refractivity contribution is 6.30. The molecule has 5 heteroatoms. The van der Waals surface area contributed by atoms with Gasteiger partial charge in [-0.05, 0) is 24.1 Å². The summed E-state index contributed by atoms with van der Waals surface area (Å²) >= 11 is 5.94. The molecule has 0 spiro atoms. The maximum absolute atomic E-state index is 5.94. The molecule has 21 heavy (non-hydrogen) atoms. The van der Waals surface area contributed by atoms with Crippen LogP contribution in [-0.2, 0) is 11.3 Å². The van der Waals surface area contributed by atoms with E-state index in [0.29, 0.717) is 0 Å². The van der Waals surface area contributed by atoms with Crippen molar-refractivity contribution in [3.05, 3.63) is 53.6 Å². The smallest absolute Gasteiger partial charge is 0.0952 e. The average Bonchev–Trinajstić information content (AvgIpc) is 3.02. The van der Waals surface area contributed by atoms with Gasteiger partial charge in [0.15, 0.2) is 0 Å². The van der Waals surface area contributed by atoms with Gasteiger partial charge in [-0.1, -0.05) is 23.7 Å². The Morgan fingerprint density at radius 2 is 2.10 bits per heavy atom. The normalized spacial score (nSPS) is 19.8. The first kappa shape index (κ1) is 14.6. The Balaban J connectivity index is 1.49. The van der Waals surface area contributed by atoms with E-state index in [0.717, 1.165) is 44.2 Å². The van der Waals surface area contributed by atoms with Gasteiger partial charge in [-0.2, -0.15) is 0 Å². The highest BCUT2D eigenvalue weighted by Gasteiger charge is 2.21. The maximum Gasteiger partial charge on any atom is 0.0952 e. The molecule has 1 saturated heterocycles. The van der Waals surface area contributed by atoms with Gasteiger partial charge in [0.05, 0.1) is 19.0 Å². The Hall–Kier alpha value is -1.36. The molecular weight excluding hydrogens is 286 g/mol. The largest absolute Gasteiger partial charge is 0.371 e. The van der Waals surface area contributed by atoms with Gasteiger partial charge >= 0.3 is 0 Å². The van der Waals surface area contributed by atoms with Crippen LogP contribution in [0.25, 0.3) is 0 Å². The molecule has 0 unspecified atom stereocenters. The van der Waals surface area contributed by atoms with Crippen molar-refractivity contribution in [3.8, 4) is 0 Å². The van der Waals surface area contributed by atoms with Crippen molar-refractivity contribution in [2.45, 2.75) is 19.1 Å². The number of morpholine rings is 1. The molecule has 0 aliphatic carbocycles. The van der Waals surface area contributed by atoms with Crippen LogP contribution in [0.2, 0.25) is 5.02 Å². The van der Waals surface area contributed by atoms with E-state index in [9.17, 15) is 0 Å². The molecule has 0 N–H and O–H groups in total. The van der Waals surface area contributed by atoms with Gasteiger partial charge in [0, 0.05) is 43.6 Å². The molecule has 1 atom stereocenters. The number of nitrogens with zero attached hydrogens (tertiary/aromatic N) is 3. The van der Waals surface area contributed by atoms with E-state index in [1.807, 2.05) is 30.9 Å². The first-order chi connectivity index (χ1) is 10.3. The molecule has 1 aliphatic heterocycles. The number of ether oxygens (including phenoxy) is 1. The summed E-state index contributed by atoms with van der Waals surface area (Å²) < 4.78 is 8.01. The Morgan fingerprint density at radius 1 is 1.24 bits per heavy atom. The fourth-order valence-corrected chi connectivity index (χ4v) is 2.81. The first-order valence-electron chi connectivity index (χ1n) is 7.36. The van der Waals surface area contributed by atoms with Crippen molar-refractivity contribution >= 4 is 11.6 Å². The first-order valence-corrected chi connectivity index (χ1v) is 7.74. The van der Waals surface area contributed by atoms with E-state index >= 15 is 0 Å². The van der Waals surface area contributed by atoms with Crippen LogP contribution in [0.3, 0.4) is 0 Å². The Kier molecular flexibility index (Phi) is 4.91. The lowest BCUT2D eigenvalue weighted by Crippen LogP contribution is -2.39. The van der Waals surface area contributed by atoms with Crippen LogP contribution in [-0.4, -0.2) is 40.7 Å². The second kappa shape index (κ2) is 7.07. The zero-order valence-corrected chi connectivity index (χ0v) is 12.7. The van der Waals surface area contributed by atoms with Crippen molar-refractivity contribution in [1.29, 1.82) is 0 Å². The van der Waals surface area contributed by atoms with Crippen molar-refractivity contribution in [3.63, 3.8) is 0 Å². The summed E-state index contributed by atoms with van der Waals surface area (Å²) in [4.78, 5) is 6.54. The summed E-state index contributed by atoms with van der Waals surface area (Å²) in [5.74, 6) is 0. The molecule has 0 radical (unpaired) electrons. The van der Waals surface area contributed by atoms with Gasteiger partial charge in [0.2, 0.25) is 0 Å². The maximum atomic E-state index is 5.94. The van der Waals surface area contributed by atoms with E-state index < -0.39 is 0 Å². The number of imidazole rings is 1. The summed E-state index contributed by atoms with van der Waals surface area (Å²) in [7, 11) is 0. The third kappa shape index (κ3) is 4.06. The molecule has 3 rings (SSSR count). The lowest BCUT2D eigenvalue weighted by molar-refractivity contribution is -0.0304. The third-order valence-electron chi connectivity index (χ3n) is 3.84. The number of hydrogen-bond donors (Lipinski definition) is 0. The number of aromatic nitrogens is 2. The standard InChI is InChI=1S/C16H20ClN3O/c17-15-4-2-14(3-5-15)16-12-19(10-11-21-16)7-1-8-20-9-6-18-13-20/h2-6,9,13,16H,1,7-8,10-12H2/t16-/m1/s1. The van der Waals surface area contributed by atoms with Crippen LogP contribution in [0, 0.1) is 0 Å². The number of halogens is 1. The lowest BCUT2D eigenvalue weighted by Gasteiger charge is -2.33. The summed E-state index contributed by atoms with van der Waals surface area (Å²) in [6, 6.07) is 7.97. The van der Waals surface area contributed by atoms with Gasteiger partial charge in [-0.15, -0.1) is 0 Å². The Morgan fingerprint density at radius 3 is 2.86 bits per heavy atom. The molecule has 0 saturated carbocycles. The number of benzene rings is 1. The van der Waals surface area contributed by atoms with E-state index in [2.05, 4.69) is 26.6 Å². The van der Waals surface area contributed by atoms with Crippen LogP contribution in [0.5, 0.6) is 0 Å². The summed E-state index contributed by atoms with van der Waals surface area (Å²) in [6.45, 7) is 4.85. The van der Waals surface area contributed by atoms with Gasteiger partial charge in [0.1, 0.15) is 0 Å². The van der Waals surface area contributed by atoms with Gasteiger partial charge in [0.25, 0.3) is 0 Å².